The summed E-state index contributed by atoms with van der Waals surface area (Å²) in [5.74, 6) is 0.825. The van der Waals surface area contributed by atoms with Gasteiger partial charge < -0.3 is 15.4 Å². The highest BCUT2D eigenvalue weighted by molar-refractivity contribution is 5.79. The van der Waals surface area contributed by atoms with Crippen LogP contribution < -0.4 is 10.6 Å². The van der Waals surface area contributed by atoms with Crippen molar-refractivity contribution in [3.63, 3.8) is 0 Å². The molecule has 1 aliphatic rings. The summed E-state index contributed by atoms with van der Waals surface area (Å²) in [6.07, 6.45) is 0. The first-order valence-electron chi connectivity index (χ1n) is 10.0. The van der Waals surface area contributed by atoms with Crippen molar-refractivity contribution >= 4 is 5.96 Å². The van der Waals surface area contributed by atoms with E-state index in [2.05, 4.69) is 82.9 Å². The molecule has 0 bridgehead atoms. The molecule has 0 saturated carbocycles. The van der Waals surface area contributed by atoms with Crippen molar-refractivity contribution in [1.82, 2.24) is 15.5 Å². The number of benzene rings is 2. The highest BCUT2D eigenvalue weighted by Gasteiger charge is 2.22. The van der Waals surface area contributed by atoms with Crippen molar-refractivity contribution in [1.29, 1.82) is 0 Å². The maximum absolute atomic E-state index is 5.55. The number of nitrogens with one attached hydrogen (secondary N) is 2. The van der Waals surface area contributed by atoms with Crippen LogP contribution in [0, 0.1) is 13.8 Å². The van der Waals surface area contributed by atoms with Crippen LogP contribution in [0.4, 0.5) is 0 Å². The lowest BCUT2D eigenvalue weighted by atomic mass is 10.0. The Kier molecular flexibility index (Phi) is 7.46. The summed E-state index contributed by atoms with van der Waals surface area (Å²) in [6, 6.07) is 17.7. The van der Waals surface area contributed by atoms with Crippen molar-refractivity contribution in [3.05, 3.63) is 70.8 Å². The molecule has 0 radical (unpaired) electrons. The third kappa shape index (κ3) is 5.81. The van der Waals surface area contributed by atoms with Gasteiger partial charge in [-0.1, -0.05) is 59.7 Å². The molecule has 1 fully saturated rings. The zero-order chi connectivity index (χ0) is 19.8. The molecule has 0 aliphatic carbocycles. The van der Waals surface area contributed by atoms with Crippen LogP contribution in [0.3, 0.4) is 0 Å². The second-order valence-corrected chi connectivity index (χ2v) is 7.37. The molecule has 5 heteroatoms. The van der Waals surface area contributed by atoms with Crippen LogP contribution in [0.25, 0.3) is 0 Å². The third-order valence-corrected chi connectivity index (χ3v) is 5.22. The second kappa shape index (κ2) is 10.2. The van der Waals surface area contributed by atoms with Gasteiger partial charge in [0.15, 0.2) is 5.96 Å². The van der Waals surface area contributed by atoms with E-state index in [1.54, 1.807) is 0 Å². The number of rotatable bonds is 6. The fourth-order valence-corrected chi connectivity index (χ4v) is 3.44. The first kappa shape index (κ1) is 20.4. The Morgan fingerprint density at radius 3 is 2.18 bits per heavy atom. The monoisotopic (exact) mass is 380 g/mol. The molecule has 3 rings (SSSR count). The number of ether oxygens (including phenoxy) is 1. The number of aryl methyl sites for hydroxylation is 2. The molecule has 1 unspecified atom stereocenters. The zero-order valence-electron chi connectivity index (χ0n) is 17.2. The van der Waals surface area contributed by atoms with Crippen LogP contribution in [0.5, 0.6) is 0 Å². The van der Waals surface area contributed by atoms with Crippen LogP contribution in [0.2, 0.25) is 0 Å². The van der Waals surface area contributed by atoms with Gasteiger partial charge in [0.25, 0.3) is 0 Å². The third-order valence-electron chi connectivity index (χ3n) is 5.22. The number of guanidine groups is 1. The molecule has 1 atom stereocenters. The SMILES string of the molecule is CN=C(NCc1ccc(C)cc1)NCC(c1ccc(C)cc1)N1CCOCC1. The van der Waals surface area contributed by atoms with Gasteiger partial charge in [0.05, 0.1) is 19.3 Å². The van der Waals surface area contributed by atoms with Gasteiger partial charge in [-0.15, -0.1) is 0 Å². The lowest BCUT2D eigenvalue weighted by Gasteiger charge is -2.35. The van der Waals surface area contributed by atoms with E-state index in [1.807, 2.05) is 7.05 Å². The lowest BCUT2D eigenvalue weighted by molar-refractivity contribution is 0.0170. The van der Waals surface area contributed by atoms with Crippen molar-refractivity contribution < 1.29 is 4.74 Å². The van der Waals surface area contributed by atoms with Crippen LogP contribution in [-0.2, 0) is 11.3 Å². The summed E-state index contributed by atoms with van der Waals surface area (Å²) in [5.41, 5.74) is 5.14. The molecule has 0 aromatic heterocycles. The van der Waals surface area contributed by atoms with Crippen molar-refractivity contribution in [3.8, 4) is 0 Å². The number of aliphatic imine (C=N–C) groups is 1. The van der Waals surface area contributed by atoms with Crippen LogP contribution >= 0.6 is 0 Å². The maximum atomic E-state index is 5.55. The van der Waals surface area contributed by atoms with Crippen molar-refractivity contribution in [2.75, 3.05) is 39.9 Å². The summed E-state index contributed by atoms with van der Waals surface area (Å²) >= 11 is 0. The summed E-state index contributed by atoms with van der Waals surface area (Å²) < 4.78 is 5.55. The summed E-state index contributed by atoms with van der Waals surface area (Å²) in [5, 5.41) is 6.94. The average Bonchev–Trinajstić information content (AvgIpc) is 2.73. The fraction of sp³-hybridized carbons (Fsp3) is 0.435. The van der Waals surface area contributed by atoms with E-state index < -0.39 is 0 Å². The van der Waals surface area contributed by atoms with Crippen LogP contribution in [0.1, 0.15) is 28.3 Å². The van der Waals surface area contributed by atoms with E-state index in [9.17, 15) is 0 Å². The molecule has 150 valence electrons. The Labute approximate surface area is 168 Å². The van der Waals surface area contributed by atoms with Crippen molar-refractivity contribution in [2.24, 2.45) is 4.99 Å². The second-order valence-electron chi connectivity index (χ2n) is 7.37. The van der Waals surface area contributed by atoms with Gasteiger partial charge >= 0.3 is 0 Å². The summed E-state index contributed by atoms with van der Waals surface area (Å²) in [4.78, 5) is 6.89. The molecule has 1 saturated heterocycles. The summed E-state index contributed by atoms with van der Waals surface area (Å²) in [7, 11) is 1.82. The predicted molar refractivity (Wildman–Crippen MR) is 116 cm³/mol. The fourth-order valence-electron chi connectivity index (χ4n) is 3.44. The Bertz CT molecular complexity index is 749. The zero-order valence-corrected chi connectivity index (χ0v) is 17.2. The molecule has 28 heavy (non-hydrogen) atoms. The molecule has 2 N–H and O–H groups in total. The highest BCUT2D eigenvalue weighted by atomic mass is 16.5. The first-order valence-corrected chi connectivity index (χ1v) is 10.0. The van der Waals surface area contributed by atoms with E-state index in [0.29, 0.717) is 6.04 Å². The number of hydrogen-bond donors (Lipinski definition) is 2. The molecular formula is C23H32N4O. The minimum Gasteiger partial charge on any atom is -0.379 e. The van der Waals surface area contributed by atoms with Crippen molar-refractivity contribution in [2.45, 2.75) is 26.4 Å². The molecule has 0 amide bonds. The van der Waals surface area contributed by atoms with E-state index in [0.717, 1.165) is 45.4 Å². The van der Waals surface area contributed by atoms with Gasteiger partial charge in [-0.25, -0.2) is 0 Å². The first-order chi connectivity index (χ1) is 13.7. The lowest BCUT2D eigenvalue weighted by Crippen LogP contribution is -2.46. The van der Waals surface area contributed by atoms with Gasteiger partial charge in [-0.3, -0.25) is 9.89 Å². The van der Waals surface area contributed by atoms with Gasteiger partial charge in [0.1, 0.15) is 0 Å². The Balaban J connectivity index is 1.62. The number of morpholine rings is 1. The molecule has 1 aliphatic heterocycles. The van der Waals surface area contributed by atoms with E-state index in [4.69, 9.17) is 4.74 Å². The number of nitrogens with zero attached hydrogens (tertiary/aromatic N) is 2. The quantitative estimate of drug-likeness (QED) is 0.597. The standard InChI is InChI=1S/C23H32N4O/c1-18-4-8-20(9-5-18)16-25-23(24-3)26-17-22(27-12-14-28-15-13-27)21-10-6-19(2)7-11-21/h4-11,22H,12-17H2,1-3H3,(H2,24,25,26). The van der Waals surface area contributed by atoms with Gasteiger partial charge in [-0.2, -0.15) is 0 Å². The minimum absolute atomic E-state index is 0.294. The molecule has 1 heterocycles. The Morgan fingerprint density at radius 1 is 0.964 bits per heavy atom. The van der Waals surface area contributed by atoms with Gasteiger partial charge in [-0.05, 0) is 25.0 Å². The van der Waals surface area contributed by atoms with Gasteiger partial charge in [0, 0.05) is 33.2 Å². The van der Waals surface area contributed by atoms with E-state index >= 15 is 0 Å². The van der Waals surface area contributed by atoms with E-state index in [1.165, 1.54) is 22.3 Å². The predicted octanol–water partition coefficient (Wildman–Crippen LogP) is 3.04. The Morgan fingerprint density at radius 2 is 1.57 bits per heavy atom. The van der Waals surface area contributed by atoms with E-state index in [-0.39, 0.29) is 0 Å². The molecule has 2 aromatic rings. The normalized spacial score (nSPS) is 16.6. The average molecular weight is 381 g/mol. The smallest absolute Gasteiger partial charge is 0.191 e. The van der Waals surface area contributed by atoms with Crippen LogP contribution in [0.15, 0.2) is 53.5 Å². The molecule has 0 spiro atoms. The largest absolute Gasteiger partial charge is 0.379 e. The minimum atomic E-state index is 0.294. The Hall–Kier alpha value is -2.37. The maximum Gasteiger partial charge on any atom is 0.191 e. The molecule has 2 aromatic carbocycles. The molecular weight excluding hydrogens is 348 g/mol. The highest BCUT2D eigenvalue weighted by Crippen LogP contribution is 2.21. The summed E-state index contributed by atoms with van der Waals surface area (Å²) in [6.45, 7) is 9.29. The van der Waals surface area contributed by atoms with Gasteiger partial charge in [0.2, 0.25) is 0 Å². The topological polar surface area (TPSA) is 48.9 Å². The number of hydrogen-bond acceptors (Lipinski definition) is 3. The molecule has 5 nitrogen and oxygen atoms in total. The van der Waals surface area contributed by atoms with Crippen LogP contribution in [-0.4, -0.2) is 50.8 Å².